The fourth-order valence-corrected chi connectivity index (χ4v) is 2.03. The summed E-state index contributed by atoms with van der Waals surface area (Å²) in [6, 6.07) is 14.1. The number of esters is 2. The minimum absolute atomic E-state index is 0.328. The number of carbonyl (C=O) groups is 2. The summed E-state index contributed by atoms with van der Waals surface area (Å²) in [6.07, 6.45) is 0. The zero-order valence-corrected chi connectivity index (χ0v) is 12.0. The maximum Gasteiger partial charge on any atom is 0.338 e. The van der Waals surface area contributed by atoms with E-state index in [2.05, 4.69) is 4.74 Å². The smallest absolute Gasteiger partial charge is 0.338 e. The molecule has 0 spiro atoms. The van der Waals surface area contributed by atoms with Crippen molar-refractivity contribution >= 4 is 11.9 Å². The molecule has 2 aromatic carbocycles. The van der Waals surface area contributed by atoms with Crippen LogP contribution in [0.2, 0.25) is 0 Å². The highest BCUT2D eigenvalue weighted by atomic mass is 16.5. The molecular formula is C17H16O4. The summed E-state index contributed by atoms with van der Waals surface area (Å²) in [5.74, 6) is -0.745. The van der Waals surface area contributed by atoms with Crippen LogP contribution in [0.5, 0.6) is 0 Å². The van der Waals surface area contributed by atoms with Crippen LogP contribution in [0.15, 0.2) is 48.5 Å². The van der Waals surface area contributed by atoms with Crippen LogP contribution < -0.4 is 0 Å². The molecule has 0 aliphatic carbocycles. The zero-order chi connectivity index (χ0) is 15.2. The molecule has 0 bridgehead atoms. The number of rotatable bonds is 4. The minimum atomic E-state index is -0.389. The van der Waals surface area contributed by atoms with Crippen LogP contribution in [0.3, 0.4) is 0 Å². The Hall–Kier alpha value is -2.62. The molecule has 0 unspecified atom stereocenters. The summed E-state index contributed by atoms with van der Waals surface area (Å²) >= 11 is 0. The number of benzene rings is 2. The molecule has 0 aliphatic heterocycles. The third kappa shape index (κ3) is 3.28. The van der Waals surface area contributed by atoms with Gasteiger partial charge in [0.2, 0.25) is 0 Å². The second-order valence-electron chi connectivity index (χ2n) is 4.33. The molecular weight excluding hydrogens is 268 g/mol. The van der Waals surface area contributed by atoms with Crippen LogP contribution in [0.25, 0.3) is 11.1 Å². The van der Waals surface area contributed by atoms with Crippen LogP contribution in [0.1, 0.15) is 27.6 Å². The predicted molar refractivity (Wildman–Crippen MR) is 79.2 cm³/mol. The number of hydrogen-bond donors (Lipinski definition) is 0. The first-order valence-corrected chi connectivity index (χ1v) is 6.62. The van der Waals surface area contributed by atoms with E-state index >= 15 is 0 Å². The highest BCUT2D eigenvalue weighted by Gasteiger charge is 2.13. The Bertz CT molecular complexity index is 644. The molecule has 108 valence electrons. The lowest BCUT2D eigenvalue weighted by molar-refractivity contribution is 0.0526. The fourth-order valence-electron chi connectivity index (χ4n) is 2.03. The van der Waals surface area contributed by atoms with Gasteiger partial charge in [-0.3, -0.25) is 0 Å². The predicted octanol–water partition coefficient (Wildman–Crippen LogP) is 3.32. The lowest BCUT2D eigenvalue weighted by Crippen LogP contribution is -2.06. The first-order chi connectivity index (χ1) is 10.2. The van der Waals surface area contributed by atoms with Gasteiger partial charge in [0, 0.05) is 0 Å². The van der Waals surface area contributed by atoms with Crippen molar-refractivity contribution in [2.45, 2.75) is 6.92 Å². The average Bonchev–Trinajstić information content (AvgIpc) is 2.54. The Kier molecular flexibility index (Phi) is 4.72. The molecule has 4 heteroatoms. The highest BCUT2D eigenvalue weighted by Crippen LogP contribution is 2.24. The van der Waals surface area contributed by atoms with E-state index in [0.29, 0.717) is 17.7 Å². The third-order valence-electron chi connectivity index (χ3n) is 3.04. The molecule has 0 saturated heterocycles. The van der Waals surface area contributed by atoms with Crippen LogP contribution >= 0.6 is 0 Å². The summed E-state index contributed by atoms with van der Waals surface area (Å²) in [7, 11) is 1.34. The molecule has 2 aromatic rings. The first-order valence-electron chi connectivity index (χ1n) is 6.62. The Morgan fingerprint density at radius 3 is 2.24 bits per heavy atom. The second kappa shape index (κ2) is 6.70. The third-order valence-corrected chi connectivity index (χ3v) is 3.04. The Balaban J connectivity index is 2.38. The van der Waals surface area contributed by atoms with Crippen LogP contribution in [-0.4, -0.2) is 25.7 Å². The highest BCUT2D eigenvalue weighted by molar-refractivity contribution is 5.97. The van der Waals surface area contributed by atoms with Gasteiger partial charge in [-0.2, -0.15) is 0 Å². The average molecular weight is 284 g/mol. The van der Waals surface area contributed by atoms with Crippen molar-refractivity contribution in [3.63, 3.8) is 0 Å². The maximum atomic E-state index is 12.0. The molecule has 0 heterocycles. The Morgan fingerprint density at radius 2 is 1.62 bits per heavy atom. The zero-order valence-electron chi connectivity index (χ0n) is 12.0. The van der Waals surface area contributed by atoms with Gasteiger partial charge in [-0.1, -0.05) is 30.3 Å². The van der Waals surface area contributed by atoms with Gasteiger partial charge in [-0.25, -0.2) is 9.59 Å². The lowest BCUT2D eigenvalue weighted by Gasteiger charge is -2.09. The molecule has 0 atom stereocenters. The summed E-state index contributed by atoms with van der Waals surface area (Å²) in [5, 5.41) is 0. The Labute approximate surface area is 123 Å². The summed E-state index contributed by atoms with van der Waals surface area (Å²) in [6.45, 7) is 2.10. The molecule has 0 aliphatic rings. The van der Waals surface area contributed by atoms with E-state index in [1.165, 1.54) is 7.11 Å². The topological polar surface area (TPSA) is 52.6 Å². The SMILES string of the molecule is CCOC(=O)c1ccccc1-c1ccc(C(=O)OC)cc1. The van der Waals surface area contributed by atoms with Crippen molar-refractivity contribution in [3.8, 4) is 11.1 Å². The minimum Gasteiger partial charge on any atom is -0.465 e. The van der Waals surface area contributed by atoms with Gasteiger partial charge in [0.05, 0.1) is 24.8 Å². The van der Waals surface area contributed by atoms with Gasteiger partial charge in [0.25, 0.3) is 0 Å². The van der Waals surface area contributed by atoms with E-state index in [1.54, 1.807) is 43.3 Å². The fraction of sp³-hybridized carbons (Fsp3) is 0.176. The van der Waals surface area contributed by atoms with Crippen LogP contribution in [-0.2, 0) is 9.47 Å². The van der Waals surface area contributed by atoms with Crippen LogP contribution in [0, 0.1) is 0 Å². The van der Waals surface area contributed by atoms with Gasteiger partial charge in [-0.05, 0) is 36.2 Å². The number of hydrogen-bond acceptors (Lipinski definition) is 4. The quantitative estimate of drug-likeness (QED) is 0.808. The van der Waals surface area contributed by atoms with Crippen molar-refractivity contribution < 1.29 is 19.1 Å². The Morgan fingerprint density at radius 1 is 0.952 bits per heavy atom. The van der Waals surface area contributed by atoms with Gasteiger partial charge < -0.3 is 9.47 Å². The summed E-state index contributed by atoms with van der Waals surface area (Å²) in [5.41, 5.74) is 2.58. The largest absolute Gasteiger partial charge is 0.465 e. The first kappa shape index (κ1) is 14.8. The molecule has 0 fully saturated rings. The van der Waals surface area contributed by atoms with Gasteiger partial charge in [-0.15, -0.1) is 0 Å². The number of methoxy groups -OCH3 is 1. The van der Waals surface area contributed by atoms with Crippen molar-refractivity contribution in [2.24, 2.45) is 0 Å². The molecule has 0 amide bonds. The molecule has 0 N–H and O–H groups in total. The van der Waals surface area contributed by atoms with Crippen molar-refractivity contribution in [3.05, 3.63) is 59.7 Å². The second-order valence-corrected chi connectivity index (χ2v) is 4.33. The van der Waals surface area contributed by atoms with E-state index in [0.717, 1.165) is 11.1 Å². The molecule has 0 aromatic heterocycles. The summed E-state index contributed by atoms with van der Waals surface area (Å²) < 4.78 is 9.72. The van der Waals surface area contributed by atoms with Gasteiger partial charge in [0.15, 0.2) is 0 Å². The maximum absolute atomic E-state index is 12.0. The van der Waals surface area contributed by atoms with Crippen LogP contribution in [0.4, 0.5) is 0 Å². The summed E-state index contributed by atoms with van der Waals surface area (Å²) in [4.78, 5) is 23.4. The molecule has 2 rings (SSSR count). The molecule has 0 radical (unpaired) electrons. The van der Waals surface area contributed by atoms with Crippen molar-refractivity contribution in [1.29, 1.82) is 0 Å². The van der Waals surface area contributed by atoms with E-state index in [-0.39, 0.29) is 11.9 Å². The van der Waals surface area contributed by atoms with E-state index < -0.39 is 0 Å². The molecule has 0 saturated carbocycles. The molecule has 4 nitrogen and oxygen atoms in total. The van der Waals surface area contributed by atoms with E-state index in [1.807, 2.05) is 12.1 Å². The lowest BCUT2D eigenvalue weighted by atomic mass is 9.99. The molecule has 21 heavy (non-hydrogen) atoms. The van der Waals surface area contributed by atoms with Gasteiger partial charge in [0.1, 0.15) is 0 Å². The van der Waals surface area contributed by atoms with E-state index in [9.17, 15) is 9.59 Å². The standard InChI is InChI=1S/C17H16O4/c1-3-21-17(19)15-7-5-4-6-14(15)12-8-10-13(11-9-12)16(18)20-2/h4-11H,3H2,1-2H3. The number of ether oxygens (including phenoxy) is 2. The van der Waals surface area contributed by atoms with E-state index in [4.69, 9.17) is 4.74 Å². The number of carbonyl (C=O) groups excluding carboxylic acids is 2. The van der Waals surface area contributed by atoms with Crippen molar-refractivity contribution in [1.82, 2.24) is 0 Å². The van der Waals surface area contributed by atoms with Gasteiger partial charge >= 0.3 is 11.9 Å². The normalized spacial score (nSPS) is 10.0. The van der Waals surface area contributed by atoms with Crippen molar-refractivity contribution in [2.75, 3.05) is 13.7 Å². The monoisotopic (exact) mass is 284 g/mol.